The summed E-state index contributed by atoms with van der Waals surface area (Å²) in [5.41, 5.74) is 11.8. The van der Waals surface area contributed by atoms with Gasteiger partial charge in [0.25, 0.3) is 0 Å². The number of ether oxygens (including phenoxy) is 1. The lowest BCUT2D eigenvalue weighted by Crippen LogP contribution is -2.57. The minimum Gasteiger partial charge on any atom is -0.480 e. The molecule has 0 bridgehead atoms. The van der Waals surface area contributed by atoms with Crippen molar-refractivity contribution in [3.05, 3.63) is 35.9 Å². The van der Waals surface area contributed by atoms with Crippen molar-refractivity contribution < 1.29 is 29.0 Å². The van der Waals surface area contributed by atoms with Crippen molar-refractivity contribution in [3.63, 3.8) is 0 Å². The molecule has 0 spiro atoms. The molecule has 12 heteroatoms. The summed E-state index contributed by atoms with van der Waals surface area (Å²) in [4.78, 5) is 55.6. The minimum atomic E-state index is -1.03. The van der Waals surface area contributed by atoms with Gasteiger partial charge in [0.15, 0.2) is 5.96 Å². The summed E-state index contributed by atoms with van der Waals surface area (Å²) in [7, 11) is 1.25. The predicted molar refractivity (Wildman–Crippen MR) is 167 cm³/mol. The number of nitrogens with one attached hydrogen (secondary N) is 3. The molecule has 0 aromatic heterocycles. The van der Waals surface area contributed by atoms with Gasteiger partial charge < -0.3 is 31.9 Å². The van der Waals surface area contributed by atoms with Crippen LogP contribution < -0.4 is 27.4 Å². The number of hydrogen-bond donors (Lipinski definition) is 6. The molecule has 1 aromatic rings. The zero-order valence-electron chi connectivity index (χ0n) is 26.1. The quantitative estimate of drug-likeness (QED) is 0.0497. The van der Waals surface area contributed by atoms with Crippen LogP contribution in [0.5, 0.6) is 0 Å². The number of carboxylic acid groups (broad SMARTS) is 1. The van der Waals surface area contributed by atoms with Crippen LogP contribution >= 0.6 is 0 Å². The van der Waals surface area contributed by atoms with E-state index >= 15 is 0 Å². The number of carboxylic acids is 1. The van der Waals surface area contributed by atoms with Crippen molar-refractivity contribution in [2.24, 2.45) is 22.4 Å². The number of nitrogens with zero attached hydrogens (tertiary/aromatic N) is 1. The number of carbonyl (C=O) groups excluding carboxylic acids is 3. The van der Waals surface area contributed by atoms with Crippen molar-refractivity contribution in [1.82, 2.24) is 16.0 Å². The summed E-state index contributed by atoms with van der Waals surface area (Å²) >= 11 is 0. The average molecular weight is 605 g/mol. The van der Waals surface area contributed by atoms with Crippen LogP contribution in [0.15, 0.2) is 35.3 Å². The predicted octanol–water partition coefficient (Wildman–Crippen LogP) is 2.24. The topological polar surface area (TPSA) is 198 Å². The van der Waals surface area contributed by atoms with Crippen molar-refractivity contribution in [1.29, 1.82) is 0 Å². The molecule has 2 amide bonds. The van der Waals surface area contributed by atoms with Crippen molar-refractivity contribution >= 4 is 29.7 Å². The van der Waals surface area contributed by atoms with E-state index in [2.05, 4.69) is 27.9 Å². The molecular formula is C31H52N6O6. The molecule has 0 fully saturated rings. The molecule has 8 N–H and O–H groups in total. The van der Waals surface area contributed by atoms with Crippen LogP contribution in [0.3, 0.4) is 0 Å². The number of carbonyl (C=O) groups is 4. The molecule has 0 aliphatic rings. The normalized spacial score (nSPS) is 13.8. The third kappa shape index (κ3) is 15.9. The van der Waals surface area contributed by atoms with Gasteiger partial charge in [0.05, 0.1) is 13.2 Å². The third-order valence-corrected chi connectivity index (χ3v) is 7.02. The standard InChI is InChI=1S/C31H52N6O6/c1-5-6-7-11-15-25(29(40)41)35-24(18-17-22-13-9-8-10-14-22)28(39)36-23(16-12-19-34-31(32)33)27(38)37-26(20-21(2)3)30(42)43-4/h8-10,13-14,21,23-26,35H,5-7,11-12,15-20H2,1-4H3,(H,36,39)(H,37,38)(H,40,41)(H4,32,33,34)/t23-,24-,25?,26-/m0/s1. The average Bonchev–Trinajstić information content (AvgIpc) is 2.96. The Balaban J connectivity index is 3.19. The largest absolute Gasteiger partial charge is 0.480 e. The Hall–Kier alpha value is -3.67. The van der Waals surface area contributed by atoms with Crippen LogP contribution in [0, 0.1) is 5.92 Å². The number of guanidine groups is 1. The van der Waals surface area contributed by atoms with Gasteiger partial charge in [-0.15, -0.1) is 0 Å². The first-order valence-corrected chi connectivity index (χ1v) is 15.2. The van der Waals surface area contributed by atoms with Gasteiger partial charge in [-0.05, 0) is 50.0 Å². The lowest BCUT2D eigenvalue weighted by Gasteiger charge is -2.27. The number of hydrogen-bond acceptors (Lipinski definition) is 7. The summed E-state index contributed by atoms with van der Waals surface area (Å²) in [6.45, 7) is 6.15. The summed E-state index contributed by atoms with van der Waals surface area (Å²) in [5.74, 6) is -2.66. The van der Waals surface area contributed by atoms with E-state index < -0.39 is 47.9 Å². The summed E-state index contributed by atoms with van der Waals surface area (Å²) < 4.78 is 4.87. The Bertz CT molecular complexity index is 1020. The molecule has 242 valence electrons. The van der Waals surface area contributed by atoms with Crippen molar-refractivity contribution in [2.45, 2.75) is 109 Å². The number of methoxy groups -OCH3 is 1. The van der Waals surface area contributed by atoms with Crippen LogP contribution in [-0.4, -0.2) is 72.6 Å². The smallest absolute Gasteiger partial charge is 0.328 e. The second-order valence-electron chi connectivity index (χ2n) is 11.2. The first-order chi connectivity index (χ1) is 20.5. The highest BCUT2D eigenvalue weighted by Gasteiger charge is 2.31. The van der Waals surface area contributed by atoms with Gasteiger partial charge in [-0.2, -0.15) is 0 Å². The van der Waals surface area contributed by atoms with E-state index in [-0.39, 0.29) is 24.8 Å². The Morgan fingerprint density at radius 2 is 1.49 bits per heavy atom. The van der Waals surface area contributed by atoms with E-state index in [1.807, 2.05) is 44.2 Å². The Labute approximate surface area is 255 Å². The molecular weight excluding hydrogens is 552 g/mol. The van der Waals surface area contributed by atoms with Crippen molar-refractivity contribution in [2.75, 3.05) is 13.7 Å². The zero-order valence-corrected chi connectivity index (χ0v) is 26.1. The van der Waals surface area contributed by atoms with Crippen LogP contribution in [0.2, 0.25) is 0 Å². The molecule has 1 unspecified atom stereocenters. The lowest BCUT2D eigenvalue weighted by atomic mass is 10.0. The second-order valence-corrected chi connectivity index (χ2v) is 11.2. The molecule has 1 aromatic carbocycles. The molecule has 0 saturated carbocycles. The van der Waals surface area contributed by atoms with E-state index in [0.29, 0.717) is 38.5 Å². The highest BCUT2D eigenvalue weighted by Crippen LogP contribution is 2.12. The van der Waals surface area contributed by atoms with E-state index in [9.17, 15) is 24.3 Å². The van der Waals surface area contributed by atoms with Gasteiger partial charge in [-0.1, -0.05) is 76.8 Å². The molecule has 0 aliphatic carbocycles. The van der Waals surface area contributed by atoms with Crippen LogP contribution in [-0.2, 0) is 30.3 Å². The molecule has 0 saturated heterocycles. The van der Waals surface area contributed by atoms with Crippen LogP contribution in [0.25, 0.3) is 0 Å². The van der Waals surface area contributed by atoms with E-state index in [4.69, 9.17) is 16.2 Å². The van der Waals surface area contributed by atoms with E-state index in [1.165, 1.54) is 7.11 Å². The molecule has 12 nitrogen and oxygen atoms in total. The fraction of sp³-hybridized carbons (Fsp3) is 0.645. The maximum atomic E-state index is 13.7. The highest BCUT2D eigenvalue weighted by atomic mass is 16.5. The Morgan fingerprint density at radius 1 is 0.860 bits per heavy atom. The monoisotopic (exact) mass is 604 g/mol. The number of unbranched alkanes of at least 4 members (excludes halogenated alkanes) is 3. The third-order valence-electron chi connectivity index (χ3n) is 7.02. The number of amides is 2. The maximum Gasteiger partial charge on any atom is 0.328 e. The number of aliphatic carboxylic acids is 1. The number of esters is 1. The van der Waals surface area contributed by atoms with Gasteiger partial charge in [-0.3, -0.25) is 24.7 Å². The van der Waals surface area contributed by atoms with Gasteiger partial charge in [0.2, 0.25) is 11.8 Å². The van der Waals surface area contributed by atoms with Gasteiger partial charge in [0, 0.05) is 6.54 Å². The molecule has 4 atom stereocenters. The van der Waals surface area contributed by atoms with Crippen molar-refractivity contribution in [3.8, 4) is 0 Å². The SMILES string of the molecule is CCCCCCC(N[C@@H](CCc1ccccc1)C(=O)N[C@@H](CCCN=C(N)N)C(=O)N[C@@H](CC(C)C)C(=O)OC)C(=O)O. The first kappa shape index (κ1) is 37.4. The number of benzene rings is 1. The van der Waals surface area contributed by atoms with E-state index in [0.717, 1.165) is 24.8 Å². The fourth-order valence-corrected chi connectivity index (χ4v) is 4.69. The molecule has 0 radical (unpaired) electrons. The first-order valence-electron chi connectivity index (χ1n) is 15.2. The lowest BCUT2D eigenvalue weighted by molar-refractivity contribution is -0.146. The molecule has 0 heterocycles. The van der Waals surface area contributed by atoms with Crippen LogP contribution in [0.4, 0.5) is 0 Å². The maximum absolute atomic E-state index is 13.7. The van der Waals surface area contributed by atoms with Crippen LogP contribution in [0.1, 0.15) is 84.1 Å². The van der Waals surface area contributed by atoms with E-state index in [1.54, 1.807) is 0 Å². The Kier molecular flexibility index (Phi) is 18.3. The zero-order chi connectivity index (χ0) is 32.2. The second kappa shape index (κ2) is 21.1. The summed E-state index contributed by atoms with van der Waals surface area (Å²) in [5, 5.41) is 18.5. The number of nitrogens with two attached hydrogens (primary N) is 2. The summed E-state index contributed by atoms with van der Waals surface area (Å²) in [6, 6.07) is 5.87. The number of aliphatic imine (C=N–C) groups is 1. The fourth-order valence-electron chi connectivity index (χ4n) is 4.69. The van der Waals surface area contributed by atoms with Gasteiger partial charge in [0.1, 0.15) is 18.1 Å². The molecule has 0 aliphatic heterocycles. The highest BCUT2D eigenvalue weighted by molar-refractivity contribution is 5.92. The Morgan fingerprint density at radius 3 is 2.07 bits per heavy atom. The number of rotatable bonds is 22. The molecule has 43 heavy (non-hydrogen) atoms. The minimum absolute atomic E-state index is 0.0865. The van der Waals surface area contributed by atoms with Gasteiger partial charge in [-0.25, -0.2) is 4.79 Å². The molecule has 1 rings (SSSR count). The van der Waals surface area contributed by atoms with Gasteiger partial charge >= 0.3 is 11.9 Å². The number of aryl methyl sites for hydroxylation is 1. The summed E-state index contributed by atoms with van der Waals surface area (Å²) in [6.07, 6.45) is 5.77.